The van der Waals surface area contributed by atoms with Gasteiger partial charge in [-0.05, 0) is 13.3 Å². The van der Waals surface area contributed by atoms with Crippen molar-refractivity contribution in [3.8, 4) is 0 Å². The molecule has 1 aliphatic rings. The average molecular weight is 146 g/mol. The lowest BCUT2D eigenvalue weighted by atomic mass is 10.2. The average Bonchev–Trinajstić information content (AvgIpc) is 2.10. The predicted molar refractivity (Wildman–Crippen MR) is 37.4 cm³/mol. The minimum absolute atomic E-state index is 0.0157. The first kappa shape index (κ1) is 7.38. The van der Waals surface area contributed by atoms with Crippen molar-refractivity contribution in [1.82, 2.24) is 0 Å². The van der Waals surface area contributed by atoms with Crippen LogP contribution in [0.3, 0.4) is 0 Å². The lowest BCUT2D eigenvalue weighted by Crippen LogP contribution is -2.20. The first-order chi connectivity index (χ1) is 4.24. The highest BCUT2D eigenvalue weighted by atomic mass is 32.1. The van der Waals surface area contributed by atoms with E-state index in [4.69, 9.17) is 16.8 Å². The van der Waals surface area contributed by atoms with E-state index in [1.807, 2.05) is 0 Å². The van der Waals surface area contributed by atoms with E-state index < -0.39 is 0 Å². The molecule has 0 aromatic heterocycles. The molecule has 0 aromatic rings. The Labute approximate surface area is 60.6 Å². The van der Waals surface area contributed by atoms with E-state index in [2.05, 4.69) is 12.6 Å². The van der Waals surface area contributed by atoms with Gasteiger partial charge in [0.25, 0.3) is 0 Å². The molecule has 1 N–H and O–H groups in total. The van der Waals surface area contributed by atoms with Crippen LogP contribution >= 0.6 is 12.6 Å². The van der Waals surface area contributed by atoms with E-state index in [1.165, 1.54) is 0 Å². The molecule has 0 saturated carbocycles. The molecule has 9 heavy (non-hydrogen) atoms. The molecule has 1 heterocycles. The van der Waals surface area contributed by atoms with E-state index >= 15 is 0 Å². The normalized spacial score (nSPS) is 43.7. The zero-order valence-electron chi connectivity index (χ0n) is 5.03. The molecule has 3 heteroatoms. The molecule has 0 bridgehead atoms. The predicted octanol–water partition coefficient (Wildman–Crippen LogP) is 0.146. The second-order valence-electron chi connectivity index (χ2n) is 2.20. The molecule has 52 valence electrons. The molecule has 2 radical (unpaired) electrons. The number of aliphatic hydroxyl groups excluding tert-OH is 1. The van der Waals surface area contributed by atoms with Crippen LogP contribution in [0.5, 0.6) is 0 Å². The van der Waals surface area contributed by atoms with Crippen LogP contribution in [0.4, 0.5) is 0 Å². The maximum atomic E-state index is 8.62. The molecular weight excluding hydrogens is 136 g/mol. The van der Waals surface area contributed by atoms with Crippen molar-refractivity contribution in [2.75, 3.05) is 6.61 Å². The summed E-state index contributed by atoms with van der Waals surface area (Å²) < 4.78 is 5.07. The van der Waals surface area contributed by atoms with Crippen molar-refractivity contribution < 1.29 is 9.84 Å². The van der Waals surface area contributed by atoms with Gasteiger partial charge in [0.1, 0.15) is 0 Å². The minimum Gasteiger partial charge on any atom is -0.394 e. The van der Waals surface area contributed by atoms with Crippen LogP contribution in [-0.4, -0.2) is 29.2 Å². The van der Waals surface area contributed by atoms with Crippen molar-refractivity contribution in [3.05, 3.63) is 6.92 Å². The van der Waals surface area contributed by atoms with Crippen molar-refractivity contribution >= 4 is 12.6 Å². The molecule has 0 spiro atoms. The Morgan fingerprint density at radius 1 is 1.78 bits per heavy atom. The van der Waals surface area contributed by atoms with Gasteiger partial charge < -0.3 is 9.84 Å². The number of thiol groups is 1. The van der Waals surface area contributed by atoms with Crippen LogP contribution in [-0.2, 0) is 4.74 Å². The van der Waals surface area contributed by atoms with Gasteiger partial charge in [-0.2, -0.15) is 12.6 Å². The van der Waals surface area contributed by atoms with Gasteiger partial charge in [-0.3, -0.25) is 0 Å². The van der Waals surface area contributed by atoms with Gasteiger partial charge in [-0.25, -0.2) is 0 Å². The Hall–Kier alpha value is 0.270. The van der Waals surface area contributed by atoms with E-state index in [0.717, 1.165) is 6.42 Å². The number of ether oxygens (including phenoxy) is 1. The van der Waals surface area contributed by atoms with E-state index in [0.29, 0.717) is 0 Å². The third-order valence-electron chi connectivity index (χ3n) is 1.43. The van der Waals surface area contributed by atoms with Gasteiger partial charge in [-0.1, -0.05) is 0 Å². The molecule has 0 aliphatic carbocycles. The lowest BCUT2D eigenvalue weighted by molar-refractivity contribution is 0.0316. The second kappa shape index (κ2) is 2.90. The van der Waals surface area contributed by atoms with Crippen LogP contribution in [0.2, 0.25) is 0 Å². The highest BCUT2D eigenvalue weighted by molar-refractivity contribution is 7.81. The molecule has 3 atom stereocenters. The van der Waals surface area contributed by atoms with Gasteiger partial charge in [0.15, 0.2) is 0 Å². The molecule has 1 unspecified atom stereocenters. The summed E-state index contributed by atoms with van der Waals surface area (Å²) in [5.74, 6) is 0. The zero-order valence-corrected chi connectivity index (χ0v) is 5.92. The van der Waals surface area contributed by atoms with Crippen LogP contribution in [0.15, 0.2) is 0 Å². The number of aliphatic hydroxyl groups is 1. The first-order valence-electron chi connectivity index (χ1n) is 2.94. The molecule has 1 rings (SSSR count). The Balaban J connectivity index is 2.38. The Kier molecular flexibility index (Phi) is 2.38. The van der Waals surface area contributed by atoms with Gasteiger partial charge >= 0.3 is 0 Å². The van der Waals surface area contributed by atoms with Crippen molar-refractivity contribution in [2.45, 2.75) is 23.9 Å². The summed E-state index contributed by atoms with van der Waals surface area (Å²) in [5.41, 5.74) is 0. The van der Waals surface area contributed by atoms with E-state index in [9.17, 15) is 0 Å². The summed E-state index contributed by atoms with van der Waals surface area (Å²) in [7, 11) is 0. The number of rotatable bonds is 1. The zero-order chi connectivity index (χ0) is 6.85. The van der Waals surface area contributed by atoms with Gasteiger partial charge in [0.05, 0.1) is 18.8 Å². The van der Waals surface area contributed by atoms with Crippen LogP contribution in [0, 0.1) is 6.92 Å². The Bertz CT molecular complexity index is 97.1. The van der Waals surface area contributed by atoms with Crippen LogP contribution in [0.1, 0.15) is 6.42 Å². The maximum Gasteiger partial charge on any atom is 0.0926 e. The summed E-state index contributed by atoms with van der Waals surface area (Å²) in [4.78, 5) is 0. The first-order valence-corrected chi connectivity index (χ1v) is 3.45. The van der Waals surface area contributed by atoms with Crippen molar-refractivity contribution in [3.63, 3.8) is 0 Å². The van der Waals surface area contributed by atoms with Gasteiger partial charge in [0, 0.05) is 5.25 Å². The monoisotopic (exact) mass is 146 g/mol. The second-order valence-corrected chi connectivity index (χ2v) is 2.86. The standard InChI is InChI=1S/C6H10O2S/c1-4-2-6(9)5(3-7)8-4/h1,4-7,9H,2-3H2/t4?,5-,6-/m1/s1. The smallest absolute Gasteiger partial charge is 0.0926 e. The third-order valence-corrected chi connectivity index (χ3v) is 1.98. The minimum atomic E-state index is -0.232. The highest BCUT2D eigenvalue weighted by Gasteiger charge is 2.29. The summed E-state index contributed by atoms with van der Waals surface area (Å²) in [5, 5.41) is 8.73. The topological polar surface area (TPSA) is 29.5 Å². The molecular formula is C6H10O2S. The Morgan fingerprint density at radius 2 is 2.44 bits per heavy atom. The molecule has 0 aromatic carbocycles. The maximum absolute atomic E-state index is 8.62. The number of hydrogen-bond donors (Lipinski definition) is 2. The number of hydrogen-bond acceptors (Lipinski definition) is 3. The fourth-order valence-corrected chi connectivity index (χ4v) is 1.30. The van der Waals surface area contributed by atoms with Gasteiger partial charge in [-0.15, -0.1) is 0 Å². The fraction of sp³-hybridized carbons (Fsp3) is 0.833. The molecule has 1 aliphatic heterocycles. The molecule has 1 fully saturated rings. The van der Waals surface area contributed by atoms with E-state index in [1.54, 1.807) is 0 Å². The quantitative estimate of drug-likeness (QED) is 0.515. The van der Waals surface area contributed by atoms with Crippen molar-refractivity contribution in [2.24, 2.45) is 0 Å². The third kappa shape index (κ3) is 1.60. The van der Waals surface area contributed by atoms with Crippen LogP contribution < -0.4 is 0 Å². The fourth-order valence-electron chi connectivity index (χ4n) is 0.925. The van der Waals surface area contributed by atoms with E-state index in [-0.39, 0.29) is 24.1 Å². The molecule has 1 saturated heterocycles. The largest absolute Gasteiger partial charge is 0.394 e. The SMILES string of the molecule is [CH]C1C[C@@H](S)[C@@H](CO)O1. The summed E-state index contributed by atoms with van der Waals surface area (Å²) >= 11 is 4.16. The summed E-state index contributed by atoms with van der Waals surface area (Å²) in [6, 6.07) is 0. The molecule has 2 nitrogen and oxygen atoms in total. The summed E-state index contributed by atoms with van der Waals surface area (Å²) in [6.45, 7) is 5.42. The highest BCUT2D eigenvalue weighted by Crippen LogP contribution is 2.23. The summed E-state index contributed by atoms with van der Waals surface area (Å²) in [6.07, 6.45) is 0.335. The Morgan fingerprint density at radius 3 is 2.67 bits per heavy atom. The van der Waals surface area contributed by atoms with Crippen molar-refractivity contribution in [1.29, 1.82) is 0 Å². The molecule has 0 amide bonds. The van der Waals surface area contributed by atoms with Gasteiger partial charge in [0.2, 0.25) is 0 Å². The lowest BCUT2D eigenvalue weighted by Gasteiger charge is -2.08. The van der Waals surface area contributed by atoms with Crippen LogP contribution in [0.25, 0.3) is 0 Å².